The highest BCUT2D eigenvalue weighted by Gasteiger charge is 2.25. The third-order valence-corrected chi connectivity index (χ3v) is 6.55. The predicted octanol–water partition coefficient (Wildman–Crippen LogP) is 8.87. The Morgan fingerprint density at radius 1 is 1.00 bits per heavy atom. The van der Waals surface area contributed by atoms with Crippen molar-refractivity contribution < 1.29 is 19.2 Å². The van der Waals surface area contributed by atoms with Crippen LogP contribution < -0.4 is 4.74 Å². The van der Waals surface area contributed by atoms with Crippen molar-refractivity contribution in [1.82, 2.24) is 5.16 Å². The van der Waals surface area contributed by atoms with Crippen LogP contribution in [0.3, 0.4) is 0 Å². The second-order valence-electron chi connectivity index (χ2n) is 8.31. The summed E-state index contributed by atoms with van der Waals surface area (Å²) in [5, 5.41) is 15.0. The Labute approximate surface area is 223 Å². The summed E-state index contributed by atoms with van der Waals surface area (Å²) >= 11 is 19.3. The smallest absolute Gasteiger partial charge is 0.341 e. The average Bonchev–Trinajstić information content (AvgIpc) is 3.26. The minimum absolute atomic E-state index is 0.0147. The first-order valence-corrected chi connectivity index (χ1v) is 12.3. The van der Waals surface area contributed by atoms with E-state index in [0.717, 1.165) is 5.56 Å². The van der Waals surface area contributed by atoms with Crippen LogP contribution in [-0.4, -0.2) is 16.2 Å². The zero-order valence-electron chi connectivity index (χ0n) is 19.5. The molecule has 1 N–H and O–H groups in total. The molecule has 0 saturated heterocycles. The van der Waals surface area contributed by atoms with Crippen LogP contribution in [0.1, 0.15) is 52.6 Å². The number of carbonyl (C=O) groups is 1. The molecule has 5 nitrogen and oxygen atoms in total. The molecular weight excluding hydrogens is 521 g/mol. The molecular formula is C28H22Cl3NO4. The van der Waals surface area contributed by atoms with Crippen LogP contribution in [0.5, 0.6) is 5.75 Å². The molecule has 0 fully saturated rings. The van der Waals surface area contributed by atoms with Gasteiger partial charge in [0.2, 0.25) is 0 Å². The van der Waals surface area contributed by atoms with E-state index in [1.807, 2.05) is 50.3 Å². The highest BCUT2D eigenvalue weighted by molar-refractivity contribution is 6.39. The van der Waals surface area contributed by atoms with Gasteiger partial charge in [0.1, 0.15) is 29.4 Å². The van der Waals surface area contributed by atoms with Gasteiger partial charge in [0.25, 0.3) is 0 Å². The molecule has 184 valence electrons. The molecule has 0 aliphatic carbocycles. The van der Waals surface area contributed by atoms with Crippen LogP contribution >= 0.6 is 34.8 Å². The molecule has 0 aliphatic rings. The van der Waals surface area contributed by atoms with Gasteiger partial charge in [-0.15, -0.1) is 0 Å². The molecule has 4 aromatic rings. The normalized spacial score (nSPS) is 11.4. The van der Waals surface area contributed by atoms with Gasteiger partial charge in [-0.1, -0.05) is 102 Å². The van der Waals surface area contributed by atoms with E-state index in [4.69, 9.17) is 44.1 Å². The lowest BCUT2D eigenvalue weighted by Gasteiger charge is -2.14. The summed E-state index contributed by atoms with van der Waals surface area (Å²) in [6.07, 6.45) is 3.63. The van der Waals surface area contributed by atoms with E-state index in [9.17, 15) is 9.90 Å². The quantitative estimate of drug-likeness (QED) is 0.225. The molecule has 4 rings (SSSR count). The van der Waals surface area contributed by atoms with Gasteiger partial charge in [0.05, 0.1) is 20.6 Å². The molecule has 1 heterocycles. The van der Waals surface area contributed by atoms with Crippen molar-refractivity contribution >= 4 is 52.9 Å². The minimum atomic E-state index is -1.20. The van der Waals surface area contributed by atoms with E-state index in [1.54, 1.807) is 36.4 Å². The topological polar surface area (TPSA) is 72.6 Å². The minimum Gasteiger partial charge on any atom is -0.488 e. The molecule has 0 bridgehead atoms. The SMILES string of the molecule is CC(C)c1onc(-c2c(Cl)cccc2Cl)c1COc1ccc(C=Cc2ccccc2)c(Cl)c1C(=O)O. The van der Waals surface area contributed by atoms with E-state index in [-0.39, 0.29) is 28.9 Å². The second kappa shape index (κ2) is 11.2. The van der Waals surface area contributed by atoms with Crippen molar-refractivity contribution in [2.24, 2.45) is 0 Å². The number of rotatable bonds is 8. The first kappa shape index (κ1) is 25.8. The lowest BCUT2D eigenvalue weighted by Crippen LogP contribution is -2.07. The van der Waals surface area contributed by atoms with Crippen molar-refractivity contribution in [2.45, 2.75) is 26.4 Å². The van der Waals surface area contributed by atoms with Gasteiger partial charge in [-0.25, -0.2) is 4.79 Å². The lowest BCUT2D eigenvalue weighted by atomic mass is 10.0. The Morgan fingerprint density at radius 2 is 1.69 bits per heavy atom. The summed E-state index contributed by atoms with van der Waals surface area (Å²) in [5.41, 5.74) is 2.98. The van der Waals surface area contributed by atoms with E-state index in [0.29, 0.717) is 38.2 Å². The molecule has 0 atom stereocenters. The van der Waals surface area contributed by atoms with Gasteiger partial charge in [0, 0.05) is 11.5 Å². The fourth-order valence-corrected chi connectivity index (χ4v) is 4.63. The van der Waals surface area contributed by atoms with Crippen LogP contribution in [0, 0.1) is 0 Å². The van der Waals surface area contributed by atoms with Crippen LogP contribution in [-0.2, 0) is 6.61 Å². The number of aromatic carboxylic acids is 1. The van der Waals surface area contributed by atoms with Crippen molar-refractivity contribution in [3.8, 4) is 17.0 Å². The lowest BCUT2D eigenvalue weighted by molar-refractivity contribution is 0.0692. The van der Waals surface area contributed by atoms with Gasteiger partial charge < -0.3 is 14.4 Å². The Kier molecular flexibility index (Phi) is 8.04. The summed E-state index contributed by atoms with van der Waals surface area (Å²) in [4.78, 5) is 12.1. The number of aromatic nitrogens is 1. The molecule has 36 heavy (non-hydrogen) atoms. The number of nitrogens with zero attached hydrogens (tertiary/aromatic N) is 1. The standard InChI is InChI=1S/C28H22Cl3NO4/c1-16(2)27-19(26(32-36-27)23-20(29)9-6-10-21(23)30)15-35-22-14-13-18(25(31)24(22)28(33)34)12-11-17-7-4-3-5-8-17/h3-14,16H,15H2,1-2H3,(H,33,34). The van der Waals surface area contributed by atoms with Gasteiger partial charge in [-0.05, 0) is 35.4 Å². The number of benzene rings is 3. The molecule has 8 heteroatoms. The highest BCUT2D eigenvalue weighted by atomic mass is 35.5. The third-order valence-electron chi connectivity index (χ3n) is 5.52. The summed E-state index contributed by atoms with van der Waals surface area (Å²) < 4.78 is 11.6. The van der Waals surface area contributed by atoms with Gasteiger partial charge in [-0.3, -0.25) is 0 Å². The van der Waals surface area contributed by atoms with E-state index in [1.165, 1.54) is 0 Å². The third kappa shape index (κ3) is 5.44. The van der Waals surface area contributed by atoms with Gasteiger partial charge in [-0.2, -0.15) is 0 Å². The molecule has 0 radical (unpaired) electrons. The first-order chi connectivity index (χ1) is 17.3. The molecule has 3 aromatic carbocycles. The van der Waals surface area contributed by atoms with Crippen LogP contribution in [0.25, 0.3) is 23.4 Å². The predicted molar refractivity (Wildman–Crippen MR) is 144 cm³/mol. The molecule has 0 amide bonds. The monoisotopic (exact) mass is 541 g/mol. The highest BCUT2D eigenvalue weighted by Crippen LogP contribution is 2.39. The Bertz CT molecular complexity index is 1410. The Morgan fingerprint density at radius 3 is 2.33 bits per heavy atom. The fourth-order valence-electron chi connectivity index (χ4n) is 3.76. The van der Waals surface area contributed by atoms with E-state index >= 15 is 0 Å². The summed E-state index contributed by atoms with van der Waals surface area (Å²) in [6.45, 7) is 3.88. The summed E-state index contributed by atoms with van der Waals surface area (Å²) in [6, 6.07) is 18.1. The zero-order valence-corrected chi connectivity index (χ0v) is 21.7. The first-order valence-electron chi connectivity index (χ1n) is 11.1. The Hall–Kier alpha value is -3.25. The fraction of sp³-hybridized carbons (Fsp3) is 0.143. The molecule has 0 aliphatic heterocycles. The van der Waals surface area contributed by atoms with Crippen LogP contribution in [0.4, 0.5) is 0 Å². The van der Waals surface area contributed by atoms with E-state index in [2.05, 4.69) is 5.16 Å². The molecule has 0 saturated carbocycles. The maximum atomic E-state index is 12.1. The zero-order chi connectivity index (χ0) is 25.8. The number of hydrogen-bond acceptors (Lipinski definition) is 4. The van der Waals surface area contributed by atoms with Gasteiger partial charge in [0.15, 0.2) is 0 Å². The molecule has 1 aromatic heterocycles. The summed E-state index contributed by atoms with van der Waals surface area (Å²) in [5.74, 6) is -0.504. The molecule has 0 spiro atoms. The number of hydrogen-bond donors (Lipinski definition) is 1. The maximum absolute atomic E-state index is 12.1. The van der Waals surface area contributed by atoms with Crippen LogP contribution in [0.2, 0.25) is 15.1 Å². The number of ether oxygens (including phenoxy) is 1. The van der Waals surface area contributed by atoms with Crippen molar-refractivity contribution in [2.75, 3.05) is 0 Å². The van der Waals surface area contributed by atoms with Crippen molar-refractivity contribution in [3.05, 3.63) is 104 Å². The Balaban J connectivity index is 1.69. The summed E-state index contributed by atoms with van der Waals surface area (Å²) in [7, 11) is 0. The molecule has 0 unspecified atom stereocenters. The largest absolute Gasteiger partial charge is 0.488 e. The van der Waals surface area contributed by atoms with Gasteiger partial charge >= 0.3 is 5.97 Å². The van der Waals surface area contributed by atoms with Crippen LogP contribution in [0.15, 0.2) is 65.2 Å². The maximum Gasteiger partial charge on any atom is 0.341 e. The van der Waals surface area contributed by atoms with Crippen molar-refractivity contribution in [1.29, 1.82) is 0 Å². The second-order valence-corrected chi connectivity index (χ2v) is 9.50. The number of carboxylic acids is 1. The average molecular weight is 543 g/mol. The number of carboxylic acid groups (broad SMARTS) is 1. The van der Waals surface area contributed by atoms with E-state index < -0.39 is 5.97 Å². The van der Waals surface area contributed by atoms with Crippen molar-refractivity contribution in [3.63, 3.8) is 0 Å². The number of halogens is 3.